The van der Waals surface area contributed by atoms with Crippen LogP contribution in [-0.4, -0.2) is 70.3 Å². The minimum atomic E-state index is -0.274. The summed E-state index contributed by atoms with van der Waals surface area (Å²) in [6.45, 7) is 4.18. The molecule has 27 heavy (non-hydrogen) atoms. The van der Waals surface area contributed by atoms with Crippen LogP contribution in [0.25, 0.3) is 6.08 Å². The lowest BCUT2D eigenvalue weighted by molar-refractivity contribution is 0.147. The van der Waals surface area contributed by atoms with E-state index in [1.807, 2.05) is 23.1 Å². The Morgan fingerprint density at radius 3 is 2.70 bits per heavy atom. The Balaban J connectivity index is 1.33. The van der Waals surface area contributed by atoms with Crippen molar-refractivity contribution in [3.8, 4) is 0 Å². The number of aliphatic hydroxyl groups is 1. The molecule has 2 amide bonds. The van der Waals surface area contributed by atoms with E-state index in [-0.39, 0.29) is 18.5 Å². The summed E-state index contributed by atoms with van der Waals surface area (Å²) in [5, 5.41) is 15.5. The molecule has 0 unspecified atom stereocenters. The fourth-order valence-corrected chi connectivity index (χ4v) is 2.88. The van der Waals surface area contributed by atoms with E-state index in [4.69, 9.17) is 9.63 Å². The summed E-state index contributed by atoms with van der Waals surface area (Å²) in [5.41, 5.74) is 1.20. The van der Waals surface area contributed by atoms with Gasteiger partial charge in [-0.15, -0.1) is 0 Å². The fraction of sp³-hybridized carbons (Fsp3) is 0.421. The topological polar surface area (TPSA) is 94.7 Å². The molecule has 1 aliphatic heterocycles. The highest BCUT2D eigenvalue weighted by Crippen LogP contribution is 2.05. The number of carbonyl (C=O) groups excluding carboxylic acids is 1. The average molecular weight is 371 g/mol. The lowest BCUT2D eigenvalue weighted by atomic mass is 10.2. The first-order valence-corrected chi connectivity index (χ1v) is 9.13. The van der Waals surface area contributed by atoms with Gasteiger partial charge >= 0.3 is 6.03 Å². The monoisotopic (exact) mass is 371 g/mol. The number of aromatic nitrogens is 2. The molecule has 144 valence electrons. The molecule has 1 aromatic heterocycles. The Labute approximate surface area is 158 Å². The van der Waals surface area contributed by atoms with E-state index < -0.39 is 0 Å². The van der Waals surface area contributed by atoms with E-state index in [9.17, 15) is 4.79 Å². The Morgan fingerprint density at radius 2 is 2.00 bits per heavy atom. The van der Waals surface area contributed by atoms with Gasteiger partial charge in [-0.1, -0.05) is 47.6 Å². The van der Waals surface area contributed by atoms with Gasteiger partial charge in [0.2, 0.25) is 0 Å². The Kier molecular flexibility index (Phi) is 6.95. The summed E-state index contributed by atoms with van der Waals surface area (Å²) in [6.07, 6.45) is 4.76. The van der Waals surface area contributed by atoms with Crippen LogP contribution in [-0.2, 0) is 13.0 Å². The Hall–Kier alpha value is -2.71. The number of nitrogens with zero attached hydrogens (tertiary/aromatic N) is 4. The normalized spacial score (nSPS) is 15.4. The third-order valence-corrected chi connectivity index (χ3v) is 4.40. The average Bonchev–Trinajstić information content (AvgIpc) is 3.17. The number of aliphatic hydroxyl groups excluding tert-OH is 1. The zero-order valence-corrected chi connectivity index (χ0v) is 15.3. The lowest BCUT2D eigenvalue weighted by Crippen LogP contribution is -2.51. The van der Waals surface area contributed by atoms with Gasteiger partial charge in [0.15, 0.2) is 5.82 Å². The zero-order valence-electron chi connectivity index (χ0n) is 15.3. The van der Waals surface area contributed by atoms with Crippen LogP contribution in [0, 0.1) is 0 Å². The quantitative estimate of drug-likeness (QED) is 0.758. The van der Waals surface area contributed by atoms with Crippen LogP contribution < -0.4 is 5.32 Å². The number of carbonyl (C=O) groups is 1. The number of amides is 2. The second-order valence-corrected chi connectivity index (χ2v) is 6.35. The van der Waals surface area contributed by atoms with E-state index in [0.29, 0.717) is 31.9 Å². The molecule has 0 saturated carbocycles. The standard InChI is InChI=1S/C19H25N5O3/c25-15-18-21-17(22-27-18)8-9-20-19(26)24-13-11-23(12-14-24)10-4-7-16-5-2-1-3-6-16/h1-7,25H,8-15H2,(H,20,26)/b7-4+. The molecular weight excluding hydrogens is 346 g/mol. The number of urea groups is 1. The Morgan fingerprint density at radius 1 is 1.22 bits per heavy atom. The zero-order chi connectivity index (χ0) is 18.9. The van der Waals surface area contributed by atoms with E-state index in [1.54, 1.807) is 0 Å². The molecule has 2 heterocycles. The second kappa shape index (κ2) is 9.84. The highest BCUT2D eigenvalue weighted by atomic mass is 16.5. The van der Waals surface area contributed by atoms with Crippen molar-refractivity contribution in [3.63, 3.8) is 0 Å². The third-order valence-electron chi connectivity index (χ3n) is 4.40. The van der Waals surface area contributed by atoms with Gasteiger partial charge in [-0.3, -0.25) is 4.90 Å². The van der Waals surface area contributed by atoms with Gasteiger partial charge in [0.05, 0.1) is 0 Å². The van der Waals surface area contributed by atoms with Crippen molar-refractivity contribution in [2.24, 2.45) is 0 Å². The minimum absolute atomic E-state index is 0.0691. The van der Waals surface area contributed by atoms with Crippen molar-refractivity contribution in [1.29, 1.82) is 0 Å². The molecule has 1 aliphatic rings. The summed E-state index contributed by atoms with van der Waals surface area (Å²) >= 11 is 0. The molecule has 0 atom stereocenters. The molecule has 2 aromatic rings. The SMILES string of the molecule is O=C(NCCc1noc(CO)n1)N1CCN(C/C=C/c2ccccc2)CC1. The predicted molar refractivity (Wildman–Crippen MR) is 101 cm³/mol. The van der Waals surface area contributed by atoms with Gasteiger partial charge in [0.1, 0.15) is 6.61 Å². The van der Waals surface area contributed by atoms with Gasteiger partial charge in [-0.2, -0.15) is 4.98 Å². The van der Waals surface area contributed by atoms with Crippen LogP contribution in [0.3, 0.4) is 0 Å². The van der Waals surface area contributed by atoms with E-state index in [0.717, 1.165) is 19.6 Å². The maximum atomic E-state index is 12.2. The van der Waals surface area contributed by atoms with Crippen molar-refractivity contribution in [1.82, 2.24) is 25.3 Å². The molecule has 3 rings (SSSR count). The summed E-state index contributed by atoms with van der Waals surface area (Å²) < 4.78 is 4.81. The molecule has 0 spiro atoms. The van der Waals surface area contributed by atoms with Crippen molar-refractivity contribution < 1.29 is 14.4 Å². The lowest BCUT2D eigenvalue weighted by Gasteiger charge is -2.34. The van der Waals surface area contributed by atoms with Crippen LogP contribution in [0.5, 0.6) is 0 Å². The van der Waals surface area contributed by atoms with Gasteiger partial charge in [-0.05, 0) is 5.56 Å². The molecule has 2 N–H and O–H groups in total. The van der Waals surface area contributed by atoms with E-state index in [2.05, 4.69) is 44.6 Å². The first-order chi connectivity index (χ1) is 13.2. The first-order valence-electron chi connectivity index (χ1n) is 9.13. The van der Waals surface area contributed by atoms with Crippen LogP contribution in [0.15, 0.2) is 40.9 Å². The minimum Gasteiger partial charge on any atom is -0.387 e. The number of piperazine rings is 1. The molecule has 8 heteroatoms. The maximum absolute atomic E-state index is 12.2. The predicted octanol–water partition coefficient (Wildman–Crippen LogP) is 1.15. The van der Waals surface area contributed by atoms with Crippen molar-refractivity contribution in [2.45, 2.75) is 13.0 Å². The maximum Gasteiger partial charge on any atom is 0.317 e. The largest absolute Gasteiger partial charge is 0.387 e. The summed E-state index contributed by atoms with van der Waals surface area (Å²) in [6, 6.07) is 10.2. The van der Waals surface area contributed by atoms with Crippen molar-refractivity contribution >= 4 is 12.1 Å². The summed E-state index contributed by atoms with van der Waals surface area (Å²) in [7, 11) is 0. The van der Waals surface area contributed by atoms with E-state index in [1.165, 1.54) is 5.56 Å². The molecule has 1 fully saturated rings. The second-order valence-electron chi connectivity index (χ2n) is 6.35. The molecule has 0 aliphatic carbocycles. The molecule has 0 bridgehead atoms. The van der Waals surface area contributed by atoms with Crippen molar-refractivity contribution in [3.05, 3.63) is 53.7 Å². The first kappa shape index (κ1) is 19.1. The van der Waals surface area contributed by atoms with Crippen LogP contribution >= 0.6 is 0 Å². The van der Waals surface area contributed by atoms with Crippen LogP contribution in [0.1, 0.15) is 17.3 Å². The highest BCUT2D eigenvalue weighted by molar-refractivity contribution is 5.74. The van der Waals surface area contributed by atoms with Crippen LogP contribution in [0.2, 0.25) is 0 Å². The van der Waals surface area contributed by atoms with Crippen LogP contribution in [0.4, 0.5) is 4.79 Å². The van der Waals surface area contributed by atoms with Gasteiger partial charge in [0, 0.05) is 45.7 Å². The number of rotatable bonds is 7. The molecular formula is C19H25N5O3. The number of benzene rings is 1. The number of hydrogen-bond acceptors (Lipinski definition) is 6. The third kappa shape index (κ3) is 5.90. The highest BCUT2D eigenvalue weighted by Gasteiger charge is 2.20. The number of nitrogens with one attached hydrogen (secondary N) is 1. The molecule has 1 aromatic carbocycles. The smallest absolute Gasteiger partial charge is 0.317 e. The van der Waals surface area contributed by atoms with Gasteiger partial charge in [-0.25, -0.2) is 4.79 Å². The molecule has 1 saturated heterocycles. The van der Waals surface area contributed by atoms with E-state index >= 15 is 0 Å². The summed E-state index contributed by atoms with van der Waals surface area (Å²) in [4.78, 5) is 20.4. The summed E-state index contributed by atoms with van der Waals surface area (Å²) in [5.74, 6) is 0.670. The van der Waals surface area contributed by atoms with Gasteiger partial charge < -0.3 is 19.8 Å². The fourth-order valence-electron chi connectivity index (χ4n) is 2.88. The van der Waals surface area contributed by atoms with Crippen molar-refractivity contribution in [2.75, 3.05) is 39.3 Å². The molecule has 0 radical (unpaired) electrons. The Bertz CT molecular complexity index is 739. The number of hydrogen-bond donors (Lipinski definition) is 2. The van der Waals surface area contributed by atoms with Gasteiger partial charge in [0.25, 0.3) is 5.89 Å². The molecule has 8 nitrogen and oxygen atoms in total.